The van der Waals surface area contributed by atoms with Crippen LogP contribution in [0.2, 0.25) is 0 Å². The number of rotatable bonds is 10. The molecule has 190 valence electrons. The van der Waals surface area contributed by atoms with Gasteiger partial charge in [-0.05, 0) is 79.8 Å². The smallest absolute Gasteiger partial charge is 0.00934 e. The van der Waals surface area contributed by atoms with E-state index in [0.717, 1.165) is 0 Å². The van der Waals surface area contributed by atoms with E-state index in [-0.39, 0.29) is 7.92 Å². The minimum absolute atomic E-state index is 0.283. The Bertz CT molecular complexity index is 1160. The van der Waals surface area contributed by atoms with Crippen molar-refractivity contribution in [2.24, 2.45) is 0 Å². The summed E-state index contributed by atoms with van der Waals surface area (Å²) < 4.78 is 0. The molecular formula is C35H45P. The molecular weight excluding hydrogens is 451 g/mol. The Hall–Kier alpha value is -2.17. The van der Waals surface area contributed by atoms with Crippen LogP contribution < -0.4 is 0 Å². The number of allylic oxidation sites excluding steroid dienone is 1. The first-order chi connectivity index (χ1) is 17.5. The van der Waals surface area contributed by atoms with E-state index in [4.69, 9.17) is 0 Å². The van der Waals surface area contributed by atoms with Crippen molar-refractivity contribution in [3.05, 3.63) is 112 Å². The summed E-state index contributed by atoms with van der Waals surface area (Å²) in [6.45, 7) is 11.4. The van der Waals surface area contributed by atoms with Crippen molar-refractivity contribution in [3.8, 4) is 0 Å². The summed E-state index contributed by atoms with van der Waals surface area (Å²) in [6, 6.07) is 25.5. The number of aryl methyl sites for hydroxylation is 4. The first-order valence-corrected chi connectivity index (χ1v) is 15.8. The zero-order valence-electron chi connectivity index (χ0n) is 23.2. The van der Waals surface area contributed by atoms with Crippen LogP contribution in [0.25, 0.3) is 5.31 Å². The molecule has 0 saturated carbocycles. The van der Waals surface area contributed by atoms with Crippen molar-refractivity contribution in [3.63, 3.8) is 0 Å². The maximum Gasteiger partial charge on any atom is 0.00934 e. The van der Waals surface area contributed by atoms with Crippen LogP contribution in [0.4, 0.5) is 0 Å². The second kappa shape index (κ2) is 12.9. The molecule has 0 bridgehead atoms. The summed E-state index contributed by atoms with van der Waals surface area (Å²) >= 11 is 0. The van der Waals surface area contributed by atoms with Gasteiger partial charge in [-0.3, -0.25) is 0 Å². The molecule has 0 radical (unpaired) electrons. The molecule has 0 spiro atoms. The van der Waals surface area contributed by atoms with Crippen molar-refractivity contribution >= 4 is 13.2 Å². The fourth-order valence-corrected chi connectivity index (χ4v) is 9.49. The molecule has 1 heteroatoms. The molecule has 1 heterocycles. The van der Waals surface area contributed by atoms with Gasteiger partial charge in [0.15, 0.2) is 0 Å². The van der Waals surface area contributed by atoms with Crippen LogP contribution in [0.5, 0.6) is 0 Å². The maximum atomic E-state index is 2.68. The van der Waals surface area contributed by atoms with Gasteiger partial charge >= 0.3 is 0 Å². The zero-order chi connectivity index (χ0) is 25.5. The Labute approximate surface area is 222 Å². The van der Waals surface area contributed by atoms with Crippen molar-refractivity contribution in [1.82, 2.24) is 0 Å². The summed E-state index contributed by atoms with van der Waals surface area (Å²) in [4.78, 5) is 0. The molecule has 4 rings (SSSR count). The Morgan fingerprint density at radius 2 is 1.39 bits per heavy atom. The van der Waals surface area contributed by atoms with Crippen LogP contribution in [-0.2, 0) is 0 Å². The highest BCUT2D eigenvalue weighted by Crippen LogP contribution is 2.68. The van der Waals surface area contributed by atoms with Crippen LogP contribution in [0.1, 0.15) is 102 Å². The van der Waals surface area contributed by atoms with E-state index < -0.39 is 0 Å². The van der Waals surface area contributed by atoms with Gasteiger partial charge in [0.1, 0.15) is 0 Å². The third-order valence-electron chi connectivity index (χ3n) is 7.94. The second-order valence-corrected chi connectivity index (χ2v) is 13.5. The minimum Gasteiger partial charge on any atom is -0.0686 e. The summed E-state index contributed by atoms with van der Waals surface area (Å²) in [6.07, 6.45) is 13.5. The summed E-state index contributed by atoms with van der Waals surface area (Å²) in [5.41, 5.74) is 10.8. The number of hydrogen-bond donors (Lipinski definition) is 0. The van der Waals surface area contributed by atoms with E-state index >= 15 is 0 Å². The predicted octanol–water partition coefficient (Wildman–Crippen LogP) is 11.0. The Morgan fingerprint density at radius 1 is 0.722 bits per heavy atom. The number of unbranched alkanes of at least 4 members (excludes halogenated alkanes) is 5. The Morgan fingerprint density at radius 3 is 2.08 bits per heavy atom. The highest BCUT2D eigenvalue weighted by molar-refractivity contribution is 7.68. The van der Waals surface area contributed by atoms with Gasteiger partial charge in [-0.1, -0.05) is 131 Å². The van der Waals surface area contributed by atoms with E-state index in [1.807, 2.05) is 0 Å². The molecule has 3 unspecified atom stereocenters. The van der Waals surface area contributed by atoms with Gasteiger partial charge in [0.05, 0.1) is 0 Å². The van der Waals surface area contributed by atoms with Gasteiger partial charge in [-0.15, -0.1) is 0 Å². The molecule has 0 amide bonds. The van der Waals surface area contributed by atoms with Gasteiger partial charge in [-0.25, -0.2) is 0 Å². The van der Waals surface area contributed by atoms with Crippen molar-refractivity contribution < 1.29 is 0 Å². The van der Waals surface area contributed by atoms with E-state index in [9.17, 15) is 0 Å². The van der Waals surface area contributed by atoms with Crippen molar-refractivity contribution in [1.29, 1.82) is 0 Å². The Kier molecular flexibility index (Phi) is 9.61. The molecule has 36 heavy (non-hydrogen) atoms. The lowest BCUT2D eigenvalue weighted by Gasteiger charge is -2.39. The average molecular weight is 497 g/mol. The lowest BCUT2D eigenvalue weighted by atomic mass is 9.88. The average Bonchev–Trinajstić information content (AvgIpc) is 2.87. The van der Waals surface area contributed by atoms with Gasteiger partial charge in [-0.2, -0.15) is 0 Å². The van der Waals surface area contributed by atoms with Crippen molar-refractivity contribution in [2.75, 3.05) is 6.16 Å². The molecule has 0 saturated heterocycles. The third-order valence-corrected chi connectivity index (χ3v) is 11.0. The lowest BCUT2D eigenvalue weighted by Crippen LogP contribution is -2.14. The van der Waals surface area contributed by atoms with Crippen LogP contribution in [0.15, 0.2) is 72.8 Å². The SMILES string of the molecule is CCCCCCCCP1C(c2ccc(C)cc2C)=CC(c2ccccc2)CC1c1ccc(C)cc1C. The van der Waals surface area contributed by atoms with E-state index in [0.29, 0.717) is 11.6 Å². The van der Waals surface area contributed by atoms with Crippen LogP contribution >= 0.6 is 7.92 Å². The molecule has 3 atom stereocenters. The first kappa shape index (κ1) is 26.9. The standard InChI is InChI=1S/C35H45P/c1-6-7-8-9-10-14-21-36-34(32-19-17-26(2)22-28(32)4)24-31(30-15-12-11-13-16-30)25-35(36)33-20-18-27(3)23-29(33)5/h11-13,15-20,22-24,31,35H,6-10,14,21,25H2,1-5H3. The van der Waals surface area contributed by atoms with Gasteiger partial charge in [0.25, 0.3) is 0 Å². The number of hydrogen-bond acceptors (Lipinski definition) is 0. The van der Waals surface area contributed by atoms with Gasteiger partial charge < -0.3 is 0 Å². The normalized spacial score (nSPS) is 19.8. The summed E-state index contributed by atoms with van der Waals surface area (Å²) in [5.74, 6) is 0.468. The van der Waals surface area contributed by atoms with Gasteiger partial charge in [0.2, 0.25) is 0 Å². The molecule has 3 aromatic rings. The molecule has 1 aliphatic heterocycles. The lowest BCUT2D eigenvalue weighted by molar-refractivity contribution is 0.624. The van der Waals surface area contributed by atoms with Crippen LogP contribution in [-0.4, -0.2) is 6.16 Å². The monoisotopic (exact) mass is 496 g/mol. The minimum atomic E-state index is -0.283. The molecule has 1 aliphatic rings. The van der Waals surface area contributed by atoms with E-state index in [1.54, 1.807) is 10.9 Å². The highest BCUT2D eigenvalue weighted by atomic mass is 31.1. The molecule has 0 nitrogen and oxygen atoms in total. The molecule has 0 fully saturated rings. The van der Waals surface area contributed by atoms with Gasteiger partial charge in [0, 0.05) is 11.6 Å². The maximum absolute atomic E-state index is 2.68. The molecule has 0 aromatic heterocycles. The largest absolute Gasteiger partial charge is 0.0686 e. The fraction of sp³-hybridized carbons (Fsp3) is 0.429. The second-order valence-electron chi connectivity index (χ2n) is 11.0. The summed E-state index contributed by atoms with van der Waals surface area (Å²) in [5, 5.41) is 1.65. The zero-order valence-corrected chi connectivity index (χ0v) is 24.1. The molecule has 3 aromatic carbocycles. The van der Waals surface area contributed by atoms with Crippen LogP contribution in [0.3, 0.4) is 0 Å². The summed E-state index contributed by atoms with van der Waals surface area (Å²) in [7, 11) is -0.283. The van der Waals surface area contributed by atoms with Crippen molar-refractivity contribution in [2.45, 2.75) is 91.1 Å². The fourth-order valence-electron chi connectivity index (χ4n) is 6.00. The highest BCUT2D eigenvalue weighted by Gasteiger charge is 2.34. The molecule has 0 aliphatic carbocycles. The Balaban J connectivity index is 1.76. The first-order valence-electron chi connectivity index (χ1n) is 14.2. The quantitative estimate of drug-likeness (QED) is 0.193. The van der Waals surface area contributed by atoms with E-state index in [2.05, 4.69) is 107 Å². The topological polar surface area (TPSA) is 0 Å². The predicted molar refractivity (Wildman–Crippen MR) is 162 cm³/mol. The van der Waals surface area contributed by atoms with E-state index in [1.165, 1.54) is 84.5 Å². The third kappa shape index (κ3) is 6.58. The number of benzene rings is 3. The van der Waals surface area contributed by atoms with Crippen LogP contribution in [0, 0.1) is 27.7 Å². The molecule has 0 N–H and O–H groups in total.